The van der Waals surface area contributed by atoms with Crippen molar-refractivity contribution in [1.82, 2.24) is 0 Å². The number of hydrogen-bond acceptors (Lipinski definition) is 6. The first-order chi connectivity index (χ1) is 15.6. The van der Waals surface area contributed by atoms with Gasteiger partial charge in [0.1, 0.15) is 23.9 Å². The van der Waals surface area contributed by atoms with Gasteiger partial charge in [-0.2, -0.15) is 0 Å². The van der Waals surface area contributed by atoms with Crippen molar-refractivity contribution in [2.24, 2.45) is 0 Å². The van der Waals surface area contributed by atoms with Gasteiger partial charge in [0.25, 0.3) is 0 Å². The molecule has 1 N–H and O–H groups in total. The van der Waals surface area contributed by atoms with Crippen LogP contribution in [-0.4, -0.2) is 52.2 Å². The van der Waals surface area contributed by atoms with Crippen LogP contribution >= 0.6 is 0 Å². The molecule has 0 radical (unpaired) electrons. The quantitative estimate of drug-likeness (QED) is 0.183. The third-order valence-electron chi connectivity index (χ3n) is 4.29. The monoisotopic (exact) mass is 448 g/mol. The van der Waals surface area contributed by atoms with E-state index in [0.29, 0.717) is 69.7 Å². The zero-order chi connectivity index (χ0) is 23.0. The Labute approximate surface area is 187 Å². The van der Waals surface area contributed by atoms with E-state index < -0.39 is 11.8 Å². The van der Waals surface area contributed by atoms with Crippen molar-refractivity contribution in [2.45, 2.75) is 19.8 Å². The van der Waals surface area contributed by atoms with Crippen LogP contribution < -0.4 is 14.6 Å². The lowest BCUT2D eigenvalue weighted by Crippen LogP contribution is -2.55. The molecule has 2 aromatic carbocycles. The summed E-state index contributed by atoms with van der Waals surface area (Å²) in [5, 5.41) is 2.11. The molecule has 0 saturated carbocycles. The Kier molecular flexibility index (Phi) is 11.9. The summed E-state index contributed by atoms with van der Waals surface area (Å²) >= 11 is 0. The van der Waals surface area contributed by atoms with E-state index in [4.69, 9.17) is 23.7 Å². The van der Waals surface area contributed by atoms with Crippen molar-refractivity contribution in [2.75, 3.05) is 46.2 Å². The fourth-order valence-corrected chi connectivity index (χ4v) is 2.70. The number of carbonyl (C=O) groups excluding carboxylic acids is 1. The number of esters is 1. The molecule has 0 atom stereocenters. The van der Waals surface area contributed by atoms with Gasteiger partial charge < -0.3 is 29.2 Å². The Balaban J connectivity index is 1.71. The second kappa shape index (κ2) is 15.0. The van der Waals surface area contributed by atoms with Crippen LogP contribution in [0.15, 0.2) is 42.5 Å². The standard InChI is InChI=1S/C23H29FN2O6/c1-2-28-11-12-29-13-14-30-15-16-31-21-8-9-22(26-25)18(17-21)3-10-23(27)32-20-6-4-19(24)5-7-20/h4-9,17,26H,2-3,10-16H2,1H3. The van der Waals surface area contributed by atoms with Crippen molar-refractivity contribution in [3.63, 3.8) is 0 Å². The van der Waals surface area contributed by atoms with Crippen LogP contribution in [0.25, 0.3) is 5.53 Å². The molecule has 0 unspecified atom stereocenters. The summed E-state index contributed by atoms with van der Waals surface area (Å²) in [6.07, 6.45) is 0.387. The fraction of sp³-hybridized carbons (Fsp3) is 0.435. The minimum atomic E-state index is -0.469. The van der Waals surface area contributed by atoms with Gasteiger partial charge >= 0.3 is 5.97 Å². The molecule has 8 nitrogen and oxygen atoms in total. The second-order valence-electron chi connectivity index (χ2n) is 6.63. The molecule has 0 aliphatic carbocycles. The third kappa shape index (κ3) is 9.95. The molecule has 0 fully saturated rings. The van der Waals surface area contributed by atoms with Crippen LogP contribution in [0.3, 0.4) is 0 Å². The molecule has 0 heterocycles. The maximum Gasteiger partial charge on any atom is 0.311 e. The van der Waals surface area contributed by atoms with Crippen molar-refractivity contribution in [3.8, 4) is 11.5 Å². The maximum atomic E-state index is 12.9. The number of benzene rings is 2. The van der Waals surface area contributed by atoms with E-state index in [1.165, 1.54) is 24.3 Å². The summed E-state index contributed by atoms with van der Waals surface area (Å²) in [4.78, 5) is 12.1. The first-order valence-corrected chi connectivity index (χ1v) is 10.5. The molecule has 2 aromatic rings. The molecule has 0 saturated heterocycles. The highest BCUT2D eigenvalue weighted by Crippen LogP contribution is 2.21. The lowest BCUT2D eigenvalue weighted by molar-refractivity contribution is -0.380. The summed E-state index contributed by atoms with van der Waals surface area (Å²) in [7, 11) is 0. The summed E-state index contributed by atoms with van der Waals surface area (Å²) in [5.41, 5.74) is 10.5. The van der Waals surface area contributed by atoms with Crippen LogP contribution in [-0.2, 0) is 25.4 Å². The van der Waals surface area contributed by atoms with Crippen LogP contribution in [0.2, 0.25) is 0 Å². The first kappa shape index (κ1) is 25.4. The Morgan fingerprint density at radius 1 is 0.906 bits per heavy atom. The minimum absolute atomic E-state index is 0.0713. The highest BCUT2D eigenvalue weighted by atomic mass is 19.1. The average Bonchev–Trinajstić information content (AvgIpc) is 2.80. The van der Waals surface area contributed by atoms with Crippen LogP contribution in [0.1, 0.15) is 18.9 Å². The fourth-order valence-electron chi connectivity index (χ4n) is 2.70. The van der Waals surface area contributed by atoms with Gasteiger partial charge in [0, 0.05) is 18.2 Å². The zero-order valence-electron chi connectivity index (χ0n) is 18.2. The SMILES string of the molecule is CCOCCOCCOCCOc1ccc([NH+]=[N-])c(CCC(=O)Oc2ccc(F)cc2)c1. The Morgan fingerprint density at radius 2 is 1.53 bits per heavy atom. The molecule has 32 heavy (non-hydrogen) atoms. The van der Waals surface area contributed by atoms with Crippen molar-refractivity contribution < 1.29 is 38.0 Å². The van der Waals surface area contributed by atoms with E-state index in [9.17, 15) is 14.7 Å². The Hall–Kier alpha value is -2.88. The summed E-state index contributed by atoms with van der Waals surface area (Å²) in [6.45, 7) is 5.42. The molecule has 2 rings (SSSR count). The van der Waals surface area contributed by atoms with Gasteiger partial charge in [-0.1, -0.05) is 0 Å². The van der Waals surface area contributed by atoms with E-state index in [1.807, 2.05) is 6.92 Å². The first-order valence-electron chi connectivity index (χ1n) is 10.5. The van der Waals surface area contributed by atoms with Gasteiger partial charge in [0.05, 0.1) is 39.5 Å². The van der Waals surface area contributed by atoms with E-state index in [0.717, 1.165) is 0 Å². The van der Waals surface area contributed by atoms with Gasteiger partial charge in [-0.3, -0.25) is 9.91 Å². The molecule has 0 bridgehead atoms. The van der Waals surface area contributed by atoms with E-state index in [2.05, 4.69) is 5.11 Å². The number of ether oxygens (including phenoxy) is 5. The van der Waals surface area contributed by atoms with Crippen molar-refractivity contribution in [1.29, 1.82) is 0 Å². The van der Waals surface area contributed by atoms with Crippen molar-refractivity contribution in [3.05, 3.63) is 59.4 Å². The summed E-state index contributed by atoms with van der Waals surface area (Å²) < 4.78 is 39.8. The van der Waals surface area contributed by atoms with Crippen LogP contribution in [0.4, 0.5) is 10.1 Å². The van der Waals surface area contributed by atoms with Gasteiger partial charge in [-0.25, -0.2) is 4.39 Å². The number of halogens is 1. The van der Waals surface area contributed by atoms with Gasteiger partial charge in [0.2, 0.25) is 0 Å². The third-order valence-corrected chi connectivity index (χ3v) is 4.29. The molecule has 0 spiro atoms. The molecule has 0 aliphatic rings. The number of nitrogens with one attached hydrogen (secondary N) is 1. The topological polar surface area (TPSA) is 99.5 Å². The average molecular weight is 448 g/mol. The van der Waals surface area contributed by atoms with Gasteiger partial charge in [0.15, 0.2) is 5.69 Å². The molecule has 0 aromatic heterocycles. The number of nitrogens with zero attached hydrogens (tertiary/aromatic N) is 1. The molecule has 0 aliphatic heterocycles. The molecule has 9 heteroatoms. The maximum absolute atomic E-state index is 12.9. The molecule has 0 amide bonds. The van der Waals surface area contributed by atoms with Crippen LogP contribution in [0.5, 0.6) is 11.5 Å². The lowest BCUT2D eigenvalue weighted by Gasteiger charge is -2.10. The normalized spacial score (nSPS) is 10.7. The molecular weight excluding hydrogens is 419 g/mol. The summed E-state index contributed by atoms with van der Waals surface area (Å²) in [6, 6.07) is 10.3. The minimum Gasteiger partial charge on any atom is -0.502 e. The molecule has 174 valence electrons. The van der Waals surface area contributed by atoms with E-state index in [1.54, 1.807) is 18.2 Å². The zero-order valence-corrected chi connectivity index (χ0v) is 18.2. The lowest BCUT2D eigenvalue weighted by atomic mass is 10.1. The van der Waals surface area contributed by atoms with Gasteiger partial charge in [-0.05, 0) is 49.7 Å². The van der Waals surface area contributed by atoms with Gasteiger partial charge in [-0.15, -0.1) is 0 Å². The van der Waals surface area contributed by atoms with E-state index >= 15 is 0 Å². The van der Waals surface area contributed by atoms with Crippen molar-refractivity contribution >= 4 is 11.7 Å². The van der Waals surface area contributed by atoms with Crippen LogP contribution in [0, 0.1) is 5.82 Å². The number of carbonyl (C=O) groups is 1. The predicted molar refractivity (Wildman–Crippen MR) is 114 cm³/mol. The highest BCUT2D eigenvalue weighted by molar-refractivity contribution is 5.72. The highest BCUT2D eigenvalue weighted by Gasteiger charge is 2.12. The summed E-state index contributed by atoms with van der Waals surface area (Å²) in [5.74, 6) is -0.0173. The smallest absolute Gasteiger partial charge is 0.311 e. The largest absolute Gasteiger partial charge is 0.502 e. The number of hydrogen-bond donors (Lipinski definition) is 1. The van der Waals surface area contributed by atoms with E-state index in [-0.39, 0.29) is 12.2 Å². The Bertz CT molecular complexity index is 832. The number of aryl methyl sites for hydroxylation is 1. The molecular formula is C23H29FN2O6. The second-order valence-corrected chi connectivity index (χ2v) is 6.63. The number of rotatable bonds is 16. The Morgan fingerprint density at radius 3 is 2.19 bits per heavy atom. The predicted octanol–water partition coefficient (Wildman–Crippen LogP) is 2.55.